The summed E-state index contributed by atoms with van der Waals surface area (Å²) in [6.45, 7) is 8.58. The third-order valence-corrected chi connectivity index (χ3v) is 3.54. The standard InChI is InChI=1S/C14H29NO/c1-13(2,3)10-11-15-12-14(16)8-6-4-5-7-9-14/h15-16H,4-12H2,1-3H3. The van der Waals surface area contributed by atoms with Gasteiger partial charge < -0.3 is 10.4 Å². The van der Waals surface area contributed by atoms with Gasteiger partial charge in [0.05, 0.1) is 5.60 Å². The van der Waals surface area contributed by atoms with E-state index in [1.165, 1.54) is 32.1 Å². The molecule has 2 N–H and O–H groups in total. The zero-order valence-electron chi connectivity index (χ0n) is 11.3. The fourth-order valence-corrected chi connectivity index (χ4v) is 2.35. The first-order chi connectivity index (χ1) is 7.41. The quantitative estimate of drug-likeness (QED) is 0.571. The Bertz CT molecular complexity index is 187. The number of nitrogens with one attached hydrogen (secondary N) is 1. The minimum Gasteiger partial charge on any atom is -0.389 e. The van der Waals surface area contributed by atoms with E-state index < -0.39 is 5.60 Å². The van der Waals surface area contributed by atoms with Crippen LogP contribution in [-0.2, 0) is 0 Å². The van der Waals surface area contributed by atoms with E-state index >= 15 is 0 Å². The zero-order chi connectivity index (χ0) is 12.1. The Hall–Kier alpha value is -0.0800. The summed E-state index contributed by atoms with van der Waals surface area (Å²) in [5, 5.41) is 13.8. The molecule has 0 atom stereocenters. The molecule has 1 rings (SSSR count). The molecule has 16 heavy (non-hydrogen) atoms. The minimum absolute atomic E-state index is 0.388. The fourth-order valence-electron chi connectivity index (χ4n) is 2.35. The first-order valence-electron chi connectivity index (χ1n) is 6.84. The molecule has 0 amide bonds. The number of hydrogen-bond acceptors (Lipinski definition) is 2. The molecule has 96 valence electrons. The summed E-state index contributed by atoms with van der Waals surface area (Å²) in [5.74, 6) is 0. The van der Waals surface area contributed by atoms with Crippen LogP contribution in [0.15, 0.2) is 0 Å². The molecular weight excluding hydrogens is 198 g/mol. The van der Waals surface area contributed by atoms with E-state index in [9.17, 15) is 5.11 Å². The van der Waals surface area contributed by atoms with Crippen molar-refractivity contribution in [2.45, 2.75) is 71.3 Å². The predicted molar refractivity (Wildman–Crippen MR) is 69.6 cm³/mol. The highest BCUT2D eigenvalue weighted by molar-refractivity contribution is 4.83. The average molecular weight is 227 g/mol. The van der Waals surface area contributed by atoms with Crippen LogP contribution >= 0.6 is 0 Å². The molecule has 0 unspecified atom stereocenters. The molecule has 0 aromatic heterocycles. The lowest BCUT2D eigenvalue weighted by Crippen LogP contribution is -2.41. The molecule has 1 fully saturated rings. The van der Waals surface area contributed by atoms with Gasteiger partial charge in [-0.3, -0.25) is 0 Å². The van der Waals surface area contributed by atoms with Gasteiger partial charge in [-0.05, 0) is 31.2 Å². The molecule has 2 heteroatoms. The molecule has 0 heterocycles. The summed E-state index contributed by atoms with van der Waals surface area (Å²) in [4.78, 5) is 0. The summed E-state index contributed by atoms with van der Waals surface area (Å²) < 4.78 is 0. The van der Waals surface area contributed by atoms with E-state index in [2.05, 4.69) is 26.1 Å². The second-order valence-corrected chi connectivity index (χ2v) is 6.63. The highest BCUT2D eigenvalue weighted by atomic mass is 16.3. The van der Waals surface area contributed by atoms with Gasteiger partial charge in [0.1, 0.15) is 0 Å². The zero-order valence-corrected chi connectivity index (χ0v) is 11.3. The minimum atomic E-state index is -0.422. The average Bonchev–Trinajstić information content (AvgIpc) is 2.37. The molecule has 2 nitrogen and oxygen atoms in total. The Kier molecular flexibility index (Phi) is 5.26. The molecule has 0 aromatic carbocycles. The van der Waals surface area contributed by atoms with E-state index in [4.69, 9.17) is 0 Å². The lowest BCUT2D eigenvalue weighted by atomic mass is 9.91. The van der Waals surface area contributed by atoms with E-state index in [0.717, 1.165) is 25.9 Å². The third-order valence-electron chi connectivity index (χ3n) is 3.54. The van der Waals surface area contributed by atoms with Crippen molar-refractivity contribution in [1.82, 2.24) is 5.32 Å². The first-order valence-corrected chi connectivity index (χ1v) is 6.84. The molecule has 0 saturated heterocycles. The van der Waals surface area contributed by atoms with Crippen LogP contribution in [0, 0.1) is 5.41 Å². The van der Waals surface area contributed by atoms with Crippen molar-refractivity contribution < 1.29 is 5.11 Å². The van der Waals surface area contributed by atoms with E-state index in [1.807, 2.05) is 0 Å². The Morgan fingerprint density at radius 2 is 1.62 bits per heavy atom. The van der Waals surface area contributed by atoms with E-state index in [0.29, 0.717) is 5.41 Å². The summed E-state index contributed by atoms with van der Waals surface area (Å²) >= 11 is 0. The molecular formula is C14H29NO. The second kappa shape index (κ2) is 6.02. The van der Waals surface area contributed by atoms with Crippen molar-refractivity contribution >= 4 is 0 Å². The van der Waals surface area contributed by atoms with Gasteiger partial charge in [-0.15, -0.1) is 0 Å². The Balaban J connectivity index is 2.19. The summed E-state index contributed by atoms with van der Waals surface area (Å²) in [7, 11) is 0. The van der Waals surface area contributed by atoms with Crippen molar-refractivity contribution in [2.75, 3.05) is 13.1 Å². The Morgan fingerprint density at radius 3 is 2.12 bits per heavy atom. The maximum atomic E-state index is 10.4. The van der Waals surface area contributed by atoms with Crippen LogP contribution in [0.25, 0.3) is 0 Å². The largest absolute Gasteiger partial charge is 0.389 e. The molecule has 0 bridgehead atoms. The van der Waals surface area contributed by atoms with Gasteiger partial charge in [0, 0.05) is 6.54 Å². The molecule has 1 saturated carbocycles. The van der Waals surface area contributed by atoms with Gasteiger partial charge in [-0.25, -0.2) is 0 Å². The second-order valence-electron chi connectivity index (χ2n) is 6.63. The summed E-state index contributed by atoms with van der Waals surface area (Å²) in [5.41, 5.74) is -0.0343. The molecule has 1 aliphatic rings. The van der Waals surface area contributed by atoms with E-state index in [1.54, 1.807) is 0 Å². The van der Waals surface area contributed by atoms with Crippen LogP contribution in [0.3, 0.4) is 0 Å². The molecule has 0 aliphatic heterocycles. The van der Waals surface area contributed by atoms with Crippen LogP contribution in [0.2, 0.25) is 0 Å². The van der Waals surface area contributed by atoms with Crippen LogP contribution in [0.4, 0.5) is 0 Å². The van der Waals surface area contributed by atoms with Gasteiger partial charge >= 0.3 is 0 Å². The summed E-state index contributed by atoms with van der Waals surface area (Å²) in [6, 6.07) is 0. The highest BCUT2D eigenvalue weighted by Gasteiger charge is 2.27. The first kappa shape index (κ1) is 14.0. The van der Waals surface area contributed by atoms with Crippen LogP contribution in [-0.4, -0.2) is 23.8 Å². The maximum Gasteiger partial charge on any atom is 0.0771 e. The van der Waals surface area contributed by atoms with Crippen LogP contribution in [0.1, 0.15) is 65.7 Å². The van der Waals surface area contributed by atoms with Gasteiger partial charge in [0.25, 0.3) is 0 Å². The van der Waals surface area contributed by atoms with E-state index in [-0.39, 0.29) is 0 Å². The van der Waals surface area contributed by atoms with Crippen molar-refractivity contribution in [3.8, 4) is 0 Å². The summed E-state index contributed by atoms with van der Waals surface area (Å²) in [6.07, 6.45) is 8.11. The molecule has 0 radical (unpaired) electrons. The van der Waals surface area contributed by atoms with Crippen LogP contribution < -0.4 is 5.32 Å². The lowest BCUT2D eigenvalue weighted by molar-refractivity contribution is 0.0249. The van der Waals surface area contributed by atoms with Crippen molar-refractivity contribution in [2.24, 2.45) is 5.41 Å². The SMILES string of the molecule is CC(C)(C)CCNCC1(O)CCCCCC1. The number of hydrogen-bond donors (Lipinski definition) is 2. The number of rotatable bonds is 4. The predicted octanol–water partition coefficient (Wildman–Crippen LogP) is 3.10. The Morgan fingerprint density at radius 1 is 1.06 bits per heavy atom. The topological polar surface area (TPSA) is 32.3 Å². The van der Waals surface area contributed by atoms with Gasteiger partial charge in [-0.1, -0.05) is 46.5 Å². The highest BCUT2D eigenvalue weighted by Crippen LogP contribution is 2.26. The molecule has 1 aliphatic carbocycles. The lowest BCUT2D eigenvalue weighted by Gasteiger charge is -2.28. The Labute approximate surface area is 101 Å². The van der Waals surface area contributed by atoms with Crippen molar-refractivity contribution in [3.63, 3.8) is 0 Å². The normalized spacial score (nSPS) is 21.8. The monoisotopic (exact) mass is 227 g/mol. The van der Waals surface area contributed by atoms with Gasteiger partial charge in [-0.2, -0.15) is 0 Å². The molecule has 0 aromatic rings. The molecule has 0 spiro atoms. The number of aliphatic hydroxyl groups is 1. The third kappa shape index (κ3) is 5.86. The smallest absolute Gasteiger partial charge is 0.0771 e. The fraction of sp³-hybridized carbons (Fsp3) is 1.00. The maximum absolute atomic E-state index is 10.4. The van der Waals surface area contributed by atoms with Gasteiger partial charge in [0.15, 0.2) is 0 Å². The van der Waals surface area contributed by atoms with Gasteiger partial charge in [0.2, 0.25) is 0 Å². The van der Waals surface area contributed by atoms with Crippen LogP contribution in [0.5, 0.6) is 0 Å². The van der Waals surface area contributed by atoms with Crippen molar-refractivity contribution in [1.29, 1.82) is 0 Å². The van der Waals surface area contributed by atoms with Crippen molar-refractivity contribution in [3.05, 3.63) is 0 Å².